The largest absolute Gasteiger partial charge is 0.497 e. The van der Waals surface area contributed by atoms with Crippen molar-refractivity contribution in [2.24, 2.45) is 0 Å². The Bertz CT molecular complexity index is 511. The summed E-state index contributed by atoms with van der Waals surface area (Å²) in [5.41, 5.74) is 0. The lowest BCUT2D eigenvalue weighted by Crippen LogP contribution is -2.08. The number of rotatable bonds is 6. The Morgan fingerprint density at radius 3 is 2.11 bits per heavy atom. The first-order chi connectivity index (χ1) is 9.28. The van der Waals surface area contributed by atoms with E-state index in [0.29, 0.717) is 18.2 Å². The van der Waals surface area contributed by atoms with Gasteiger partial charge in [0.05, 0.1) is 7.11 Å². The van der Waals surface area contributed by atoms with Crippen molar-refractivity contribution in [3.05, 3.63) is 53.6 Å². The normalized spacial score (nSPS) is 10.0. The van der Waals surface area contributed by atoms with Gasteiger partial charge in [-0.1, -0.05) is 17.7 Å². The molecule has 0 radical (unpaired) electrons. The highest BCUT2D eigenvalue weighted by Crippen LogP contribution is 2.18. The fourth-order valence-electron chi connectivity index (χ4n) is 1.55. The maximum absolute atomic E-state index is 5.86. The molecule has 0 saturated carbocycles. The number of hydrogen-bond acceptors (Lipinski definition) is 3. The van der Waals surface area contributed by atoms with Gasteiger partial charge in [0, 0.05) is 5.02 Å². The van der Waals surface area contributed by atoms with Gasteiger partial charge in [-0.3, -0.25) is 0 Å². The van der Waals surface area contributed by atoms with Crippen LogP contribution in [0.15, 0.2) is 48.5 Å². The maximum atomic E-state index is 5.86. The Hall–Kier alpha value is -1.87. The van der Waals surface area contributed by atoms with Crippen LogP contribution in [0.2, 0.25) is 5.02 Å². The molecule has 0 atom stereocenters. The Kier molecular flexibility index (Phi) is 4.93. The lowest BCUT2D eigenvalue weighted by atomic mass is 10.3. The van der Waals surface area contributed by atoms with Gasteiger partial charge in [0.1, 0.15) is 30.5 Å². The second-order valence-electron chi connectivity index (χ2n) is 3.83. The smallest absolute Gasteiger partial charge is 0.122 e. The lowest BCUT2D eigenvalue weighted by Gasteiger charge is -2.09. The van der Waals surface area contributed by atoms with Crippen LogP contribution in [0.4, 0.5) is 0 Å². The fraction of sp³-hybridized carbons (Fsp3) is 0.200. The van der Waals surface area contributed by atoms with Gasteiger partial charge in [-0.2, -0.15) is 0 Å². The monoisotopic (exact) mass is 278 g/mol. The topological polar surface area (TPSA) is 27.7 Å². The molecular weight excluding hydrogens is 264 g/mol. The van der Waals surface area contributed by atoms with Crippen molar-refractivity contribution in [1.29, 1.82) is 0 Å². The zero-order chi connectivity index (χ0) is 13.5. The van der Waals surface area contributed by atoms with Crippen LogP contribution in [0, 0.1) is 0 Å². The van der Waals surface area contributed by atoms with Crippen LogP contribution >= 0.6 is 11.6 Å². The van der Waals surface area contributed by atoms with Gasteiger partial charge in [-0.15, -0.1) is 0 Å². The third-order valence-corrected chi connectivity index (χ3v) is 2.71. The average Bonchev–Trinajstić information content (AvgIpc) is 2.44. The van der Waals surface area contributed by atoms with Crippen molar-refractivity contribution in [3.63, 3.8) is 0 Å². The Morgan fingerprint density at radius 1 is 0.842 bits per heavy atom. The van der Waals surface area contributed by atoms with Crippen LogP contribution in [0.5, 0.6) is 17.2 Å². The summed E-state index contributed by atoms with van der Waals surface area (Å²) < 4.78 is 16.1. The van der Waals surface area contributed by atoms with Crippen LogP contribution < -0.4 is 14.2 Å². The minimum Gasteiger partial charge on any atom is -0.497 e. The maximum Gasteiger partial charge on any atom is 0.122 e. The van der Waals surface area contributed by atoms with E-state index in [9.17, 15) is 0 Å². The van der Waals surface area contributed by atoms with E-state index in [-0.39, 0.29) is 0 Å². The molecule has 0 spiro atoms. The first kappa shape index (κ1) is 13.6. The summed E-state index contributed by atoms with van der Waals surface area (Å²) in [5, 5.41) is 0.661. The second kappa shape index (κ2) is 6.90. The van der Waals surface area contributed by atoms with E-state index in [0.717, 1.165) is 17.2 Å². The predicted octanol–water partition coefficient (Wildman–Crippen LogP) is 3.81. The summed E-state index contributed by atoms with van der Waals surface area (Å²) >= 11 is 5.86. The van der Waals surface area contributed by atoms with Gasteiger partial charge < -0.3 is 14.2 Å². The lowest BCUT2D eigenvalue weighted by molar-refractivity contribution is 0.217. The zero-order valence-corrected chi connectivity index (χ0v) is 11.4. The highest BCUT2D eigenvalue weighted by atomic mass is 35.5. The molecule has 2 aromatic rings. The average molecular weight is 279 g/mol. The molecule has 100 valence electrons. The molecule has 0 amide bonds. The third kappa shape index (κ3) is 4.38. The van der Waals surface area contributed by atoms with E-state index >= 15 is 0 Å². The minimum atomic E-state index is 0.465. The number of halogens is 1. The van der Waals surface area contributed by atoms with Gasteiger partial charge in [0.2, 0.25) is 0 Å². The number of hydrogen-bond donors (Lipinski definition) is 0. The van der Waals surface area contributed by atoms with Gasteiger partial charge in [-0.05, 0) is 42.5 Å². The molecule has 2 rings (SSSR count). The van der Waals surface area contributed by atoms with Gasteiger partial charge in [-0.25, -0.2) is 0 Å². The van der Waals surface area contributed by atoms with Crippen molar-refractivity contribution in [3.8, 4) is 17.2 Å². The van der Waals surface area contributed by atoms with Crippen LogP contribution in [0.25, 0.3) is 0 Å². The summed E-state index contributed by atoms with van der Waals surface area (Å²) in [6.45, 7) is 0.936. The van der Waals surface area contributed by atoms with Crippen LogP contribution in [-0.2, 0) is 0 Å². The van der Waals surface area contributed by atoms with Gasteiger partial charge in [0.15, 0.2) is 0 Å². The Morgan fingerprint density at radius 2 is 1.47 bits per heavy atom. The predicted molar refractivity (Wildman–Crippen MR) is 75.4 cm³/mol. The molecule has 0 N–H and O–H groups in total. The van der Waals surface area contributed by atoms with Crippen molar-refractivity contribution >= 4 is 11.6 Å². The molecule has 0 aromatic heterocycles. The fourth-order valence-corrected chi connectivity index (χ4v) is 1.73. The summed E-state index contributed by atoms with van der Waals surface area (Å²) in [6.07, 6.45) is 0. The number of ether oxygens (including phenoxy) is 3. The summed E-state index contributed by atoms with van der Waals surface area (Å²) in [7, 11) is 1.63. The molecule has 4 heteroatoms. The highest BCUT2D eigenvalue weighted by molar-refractivity contribution is 6.30. The molecule has 0 saturated heterocycles. The van der Waals surface area contributed by atoms with Crippen LogP contribution in [-0.4, -0.2) is 20.3 Å². The van der Waals surface area contributed by atoms with E-state index in [4.69, 9.17) is 25.8 Å². The van der Waals surface area contributed by atoms with E-state index in [1.165, 1.54) is 0 Å². The molecule has 0 aliphatic heterocycles. The first-order valence-corrected chi connectivity index (χ1v) is 6.31. The highest BCUT2D eigenvalue weighted by Gasteiger charge is 1.97. The molecule has 0 heterocycles. The van der Waals surface area contributed by atoms with E-state index in [1.54, 1.807) is 13.2 Å². The summed E-state index contributed by atoms with van der Waals surface area (Å²) in [5.74, 6) is 2.34. The second-order valence-corrected chi connectivity index (χ2v) is 4.27. The van der Waals surface area contributed by atoms with Gasteiger partial charge >= 0.3 is 0 Å². The molecule has 19 heavy (non-hydrogen) atoms. The molecule has 0 aliphatic rings. The van der Waals surface area contributed by atoms with Crippen LogP contribution in [0.3, 0.4) is 0 Å². The van der Waals surface area contributed by atoms with E-state index in [2.05, 4.69) is 0 Å². The van der Waals surface area contributed by atoms with Gasteiger partial charge in [0.25, 0.3) is 0 Å². The molecule has 0 bridgehead atoms. The van der Waals surface area contributed by atoms with Crippen molar-refractivity contribution < 1.29 is 14.2 Å². The SMILES string of the molecule is COc1ccc(OCCOc2cccc(Cl)c2)cc1. The number of benzene rings is 2. The van der Waals surface area contributed by atoms with Crippen molar-refractivity contribution in [2.45, 2.75) is 0 Å². The molecule has 0 aliphatic carbocycles. The first-order valence-electron chi connectivity index (χ1n) is 5.93. The standard InChI is InChI=1S/C15H15ClO3/c1-17-13-5-7-14(8-6-13)18-9-10-19-15-4-2-3-12(16)11-15/h2-8,11H,9-10H2,1H3. The summed E-state index contributed by atoms with van der Waals surface area (Å²) in [4.78, 5) is 0. The van der Waals surface area contributed by atoms with E-state index in [1.807, 2.05) is 42.5 Å². The van der Waals surface area contributed by atoms with Crippen molar-refractivity contribution in [1.82, 2.24) is 0 Å². The summed E-state index contributed by atoms with van der Waals surface area (Å²) in [6, 6.07) is 14.7. The third-order valence-electron chi connectivity index (χ3n) is 2.48. The zero-order valence-electron chi connectivity index (χ0n) is 10.6. The van der Waals surface area contributed by atoms with E-state index < -0.39 is 0 Å². The molecule has 0 fully saturated rings. The molecule has 0 unspecified atom stereocenters. The Balaban J connectivity index is 1.74. The Labute approximate surface area is 117 Å². The molecular formula is C15H15ClO3. The quantitative estimate of drug-likeness (QED) is 0.752. The van der Waals surface area contributed by atoms with Crippen molar-refractivity contribution in [2.75, 3.05) is 20.3 Å². The molecule has 3 nitrogen and oxygen atoms in total. The number of methoxy groups -OCH3 is 1. The molecule has 2 aromatic carbocycles. The minimum absolute atomic E-state index is 0.465. The van der Waals surface area contributed by atoms with Crippen LogP contribution in [0.1, 0.15) is 0 Å².